The van der Waals surface area contributed by atoms with Crippen molar-refractivity contribution in [3.05, 3.63) is 29.8 Å². The average molecular weight is 373 g/mol. The van der Waals surface area contributed by atoms with E-state index in [9.17, 15) is 0 Å². The van der Waals surface area contributed by atoms with E-state index in [-0.39, 0.29) is 0 Å². The maximum Gasteiger partial charge on any atom is 0.118 e. The Morgan fingerprint density at radius 1 is 0.917 bits per heavy atom. The van der Waals surface area contributed by atoms with Crippen LogP contribution >= 0.6 is 23.2 Å². The minimum atomic E-state index is -0.622. The summed E-state index contributed by atoms with van der Waals surface area (Å²) >= 11 is 12.9. The van der Waals surface area contributed by atoms with Gasteiger partial charge in [-0.15, -0.1) is 23.2 Å². The van der Waals surface area contributed by atoms with E-state index in [1.807, 2.05) is 19.1 Å². The summed E-state index contributed by atoms with van der Waals surface area (Å²) in [5.74, 6) is 1.29. The monoisotopic (exact) mass is 372 g/mol. The zero-order chi connectivity index (χ0) is 17.8. The number of aryl methyl sites for hydroxylation is 1. The van der Waals surface area contributed by atoms with E-state index in [0.717, 1.165) is 31.4 Å². The standard InChI is InChI=1S/C21H34Cl2O/c1-4-5-6-7-8-9-12-19(21(2,22)23)13-10-11-18-14-16-20(24-3)17-15-18/h14-17,19H,4-13H2,1-3H3. The molecule has 0 spiro atoms. The molecule has 0 aliphatic heterocycles. The van der Waals surface area contributed by atoms with E-state index in [2.05, 4.69) is 19.1 Å². The van der Waals surface area contributed by atoms with Gasteiger partial charge in [0.2, 0.25) is 0 Å². The minimum absolute atomic E-state index is 0.380. The fraction of sp³-hybridized carbons (Fsp3) is 0.714. The number of rotatable bonds is 13. The van der Waals surface area contributed by atoms with Gasteiger partial charge in [0.1, 0.15) is 10.1 Å². The molecular weight excluding hydrogens is 339 g/mol. The molecule has 1 atom stereocenters. The second kappa shape index (κ2) is 12.0. The number of hydrogen-bond donors (Lipinski definition) is 0. The van der Waals surface area contributed by atoms with Crippen molar-refractivity contribution in [2.75, 3.05) is 7.11 Å². The summed E-state index contributed by atoms with van der Waals surface area (Å²) in [4.78, 5) is 0. The lowest BCUT2D eigenvalue weighted by Crippen LogP contribution is -2.22. The number of ether oxygens (including phenoxy) is 1. The molecular formula is C21H34Cl2O. The SMILES string of the molecule is CCCCCCCCC(CCCc1ccc(OC)cc1)C(C)(Cl)Cl. The van der Waals surface area contributed by atoms with Crippen molar-refractivity contribution in [1.29, 1.82) is 0 Å². The van der Waals surface area contributed by atoms with E-state index in [0.29, 0.717) is 5.92 Å². The summed E-state index contributed by atoms with van der Waals surface area (Å²) in [5, 5.41) is 0. The van der Waals surface area contributed by atoms with Gasteiger partial charge >= 0.3 is 0 Å². The van der Waals surface area contributed by atoms with Crippen LogP contribution in [0.3, 0.4) is 0 Å². The fourth-order valence-electron chi connectivity index (χ4n) is 3.17. The van der Waals surface area contributed by atoms with Gasteiger partial charge in [-0.25, -0.2) is 0 Å². The van der Waals surface area contributed by atoms with Crippen LogP contribution in [-0.2, 0) is 6.42 Å². The lowest BCUT2D eigenvalue weighted by molar-refractivity contribution is 0.384. The van der Waals surface area contributed by atoms with Crippen molar-refractivity contribution in [3.63, 3.8) is 0 Å². The zero-order valence-corrected chi connectivity index (χ0v) is 17.1. The van der Waals surface area contributed by atoms with Gasteiger partial charge in [-0.3, -0.25) is 0 Å². The Bertz CT molecular complexity index is 422. The van der Waals surface area contributed by atoms with Crippen molar-refractivity contribution in [2.24, 2.45) is 5.92 Å². The summed E-state index contributed by atoms with van der Waals surface area (Å²) in [5.41, 5.74) is 1.35. The third-order valence-corrected chi connectivity index (χ3v) is 5.42. The number of methoxy groups -OCH3 is 1. The number of hydrogen-bond acceptors (Lipinski definition) is 1. The molecule has 138 valence electrons. The molecule has 0 saturated heterocycles. The van der Waals surface area contributed by atoms with Crippen molar-refractivity contribution in [1.82, 2.24) is 0 Å². The molecule has 1 aromatic carbocycles. The van der Waals surface area contributed by atoms with Gasteiger partial charge < -0.3 is 4.74 Å². The molecule has 0 aromatic heterocycles. The van der Waals surface area contributed by atoms with Crippen LogP contribution in [0.1, 0.15) is 77.2 Å². The molecule has 0 bridgehead atoms. The molecule has 0 N–H and O–H groups in total. The molecule has 3 heteroatoms. The van der Waals surface area contributed by atoms with Crippen molar-refractivity contribution >= 4 is 23.2 Å². The Kier molecular flexibility index (Phi) is 10.9. The molecule has 1 aromatic rings. The molecule has 0 fully saturated rings. The second-order valence-electron chi connectivity index (χ2n) is 6.95. The maximum absolute atomic E-state index is 6.43. The van der Waals surface area contributed by atoms with Gasteiger partial charge in [0.05, 0.1) is 7.11 Å². The van der Waals surface area contributed by atoms with E-state index >= 15 is 0 Å². The Balaban J connectivity index is 2.31. The van der Waals surface area contributed by atoms with Crippen molar-refractivity contribution < 1.29 is 4.74 Å². The molecule has 0 aliphatic carbocycles. The molecule has 1 nitrogen and oxygen atoms in total. The predicted octanol–water partition coefficient (Wildman–Crippen LogP) is 7.58. The Labute approximate surface area is 159 Å². The lowest BCUT2D eigenvalue weighted by atomic mass is 9.91. The topological polar surface area (TPSA) is 9.23 Å². The Hall–Kier alpha value is -0.400. The predicted molar refractivity (Wildman–Crippen MR) is 108 cm³/mol. The Morgan fingerprint density at radius 3 is 2.08 bits per heavy atom. The first kappa shape index (κ1) is 21.6. The van der Waals surface area contributed by atoms with Crippen LogP contribution in [0.5, 0.6) is 5.75 Å². The van der Waals surface area contributed by atoms with Crippen LogP contribution in [0.2, 0.25) is 0 Å². The summed E-state index contributed by atoms with van der Waals surface area (Å²) in [6.07, 6.45) is 12.3. The van der Waals surface area contributed by atoms with Gasteiger partial charge in [0.15, 0.2) is 0 Å². The molecule has 0 saturated carbocycles. The molecule has 1 unspecified atom stereocenters. The van der Waals surface area contributed by atoms with Gasteiger partial charge in [-0.2, -0.15) is 0 Å². The first-order chi connectivity index (χ1) is 11.5. The fourth-order valence-corrected chi connectivity index (χ4v) is 3.60. The maximum atomic E-state index is 6.43. The molecule has 0 aliphatic rings. The Morgan fingerprint density at radius 2 is 1.50 bits per heavy atom. The number of halogens is 2. The van der Waals surface area contributed by atoms with Crippen molar-refractivity contribution in [3.8, 4) is 5.75 Å². The third-order valence-electron chi connectivity index (χ3n) is 4.80. The largest absolute Gasteiger partial charge is 0.497 e. The van der Waals surface area contributed by atoms with Crippen LogP contribution in [0.15, 0.2) is 24.3 Å². The quantitative estimate of drug-likeness (QED) is 0.256. The van der Waals surface area contributed by atoms with Crippen molar-refractivity contribution in [2.45, 2.75) is 82.4 Å². The molecule has 24 heavy (non-hydrogen) atoms. The average Bonchev–Trinajstić information content (AvgIpc) is 2.56. The highest BCUT2D eigenvalue weighted by molar-refractivity contribution is 6.48. The smallest absolute Gasteiger partial charge is 0.118 e. The second-order valence-corrected chi connectivity index (χ2v) is 8.71. The van der Waals surface area contributed by atoms with E-state index in [4.69, 9.17) is 27.9 Å². The van der Waals surface area contributed by atoms with E-state index in [1.165, 1.54) is 44.1 Å². The molecule has 0 radical (unpaired) electrons. The van der Waals surface area contributed by atoms with Crippen LogP contribution in [0.25, 0.3) is 0 Å². The van der Waals surface area contributed by atoms with Crippen LogP contribution in [-0.4, -0.2) is 11.4 Å². The summed E-state index contributed by atoms with van der Waals surface area (Å²) in [7, 11) is 1.70. The number of benzene rings is 1. The minimum Gasteiger partial charge on any atom is -0.497 e. The van der Waals surface area contributed by atoms with Gasteiger partial charge in [-0.1, -0.05) is 57.6 Å². The van der Waals surface area contributed by atoms with Gasteiger partial charge in [-0.05, 0) is 56.2 Å². The van der Waals surface area contributed by atoms with E-state index < -0.39 is 4.33 Å². The highest BCUT2D eigenvalue weighted by atomic mass is 35.5. The molecule has 0 amide bonds. The summed E-state index contributed by atoms with van der Waals surface area (Å²) < 4.78 is 4.58. The number of alkyl halides is 2. The first-order valence-corrected chi connectivity index (χ1v) is 10.2. The van der Waals surface area contributed by atoms with Crippen LogP contribution < -0.4 is 4.74 Å². The highest BCUT2D eigenvalue weighted by Gasteiger charge is 2.28. The summed E-state index contributed by atoms with van der Waals surface area (Å²) in [6, 6.07) is 8.33. The lowest BCUT2D eigenvalue weighted by Gasteiger charge is -2.26. The summed E-state index contributed by atoms with van der Waals surface area (Å²) in [6.45, 7) is 4.20. The van der Waals surface area contributed by atoms with Crippen LogP contribution in [0.4, 0.5) is 0 Å². The normalized spacial score (nSPS) is 13.0. The van der Waals surface area contributed by atoms with Gasteiger partial charge in [0.25, 0.3) is 0 Å². The number of unbranched alkanes of at least 4 members (excludes halogenated alkanes) is 5. The molecule has 0 heterocycles. The molecule has 1 rings (SSSR count). The van der Waals surface area contributed by atoms with E-state index in [1.54, 1.807) is 7.11 Å². The highest BCUT2D eigenvalue weighted by Crippen LogP contribution is 2.37. The first-order valence-electron chi connectivity index (χ1n) is 9.48. The van der Waals surface area contributed by atoms with Crippen LogP contribution in [0, 0.1) is 5.92 Å². The van der Waals surface area contributed by atoms with Gasteiger partial charge in [0, 0.05) is 0 Å². The zero-order valence-electron chi connectivity index (χ0n) is 15.6. The third kappa shape index (κ3) is 9.18.